The van der Waals surface area contributed by atoms with Gasteiger partial charge >= 0.3 is 0 Å². The van der Waals surface area contributed by atoms with Crippen molar-refractivity contribution in [3.8, 4) is 23.4 Å². The molecule has 0 aliphatic rings. The van der Waals surface area contributed by atoms with E-state index in [1.807, 2.05) is 0 Å². The normalized spacial score (nSPS) is 12.5. The van der Waals surface area contributed by atoms with E-state index < -0.39 is 47.3 Å². The molecule has 0 fully saturated rings. The van der Waals surface area contributed by atoms with Crippen LogP contribution in [-0.2, 0) is 39.0 Å². The summed E-state index contributed by atoms with van der Waals surface area (Å²) in [6, 6.07) is 16.6. The molecule has 0 atom stereocenters. The average Bonchev–Trinajstić information content (AvgIpc) is 3.91. The molecule has 0 saturated carbocycles. The molecule has 5 aromatic carbocycles. The number of methoxy groups -OCH3 is 1. The molecule has 0 aliphatic carbocycles. The molecule has 0 unspecified atom stereocenters. The van der Waals surface area contributed by atoms with E-state index in [0.29, 0.717) is 28.8 Å². The molecular weight excluding hydrogens is 1030 g/mol. The highest BCUT2D eigenvalue weighted by atomic mass is 32.2. The second kappa shape index (κ2) is 20.0. The minimum absolute atomic E-state index is 0.0360. The minimum Gasteiger partial charge on any atom is -0.505 e. The van der Waals surface area contributed by atoms with Crippen LogP contribution in [0, 0.1) is 25.2 Å². The molecule has 6 N–H and O–H groups in total. The standard InChI is InChI=1S/C40H31N11O15S5/c1-17-21(16-41)38-42-22-8-6-7-9-27(22)51(38)39(53)32(17)47-44-23-11-10-19-20(37(23)71(59,60)61)12-31(69-66-64-55)33(34(19)52)48-45-24-14-29(62-5)25(13-28(24)50(3)4)46-49-40-43-26-15-30(68-65-63-54)18(2)36(35(26)67-40)70(56,57)58/h6-15,52-55H,1-5H3,(H,56,57,58)(H,59,60,61). The Labute approximate surface area is 411 Å². The smallest absolute Gasteiger partial charge is 0.297 e. The number of azo groups is 3. The lowest BCUT2D eigenvalue weighted by atomic mass is 10.1. The minimum atomic E-state index is -5.22. The number of rotatable bonds is 16. The van der Waals surface area contributed by atoms with Gasteiger partial charge < -0.3 is 19.8 Å². The van der Waals surface area contributed by atoms with Gasteiger partial charge in [-0.25, -0.2) is 20.5 Å². The number of phenols is 1. The summed E-state index contributed by atoms with van der Waals surface area (Å²) in [6.07, 6.45) is 0. The number of phenolic OH excluding ortho intramolecular Hbond substituents is 1. The number of ether oxygens (including phenoxy) is 1. The Balaban J connectivity index is 1.20. The van der Waals surface area contributed by atoms with Crippen molar-refractivity contribution in [2.75, 3.05) is 26.1 Å². The maximum absolute atomic E-state index is 13.1. The van der Waals surface area contributed by atoms with Crippen LogP contribution in [-0.4, -0.2) is 82.2 Å². The van der Waals surface area contributed by atoms with Gasteiger partial charge in [-0.05, 0) is 61.9 Å². The number of nitrogens with zero attached hydrogens (tertiary/aromatic N) is 11. The van der Waals surface area contributed by atoms with Gasteiger partial charge in [0.05, 0.1) is 63.0 Å². The Morgan fingerprint density at radius 1 is 0.746 bits per heavy atom. The van der Waals surface area contributed by atoms with Gasteiger partial charge in [-0.15, -0.1) is 39.4 Å². The summed E-state index contributed by atoms with van der Waals surface area (Å²) >= 11 is 1.53. The molecule has 3 aromatic heterocycles. The van der Waals surface area contributed by atoms with Crippen LogP contribution < -0.4 is 9.64 Å². The molecule has 26 nitrogen and oxygen atoms in total. The van der Waals surface area contributed by atoms with E-state index >= 15 is 0 Å². The van der Waals surface area contributed by atoms with Crippen LogP contribution in [0.3, 0.4) is 0 Å². The summed E-state index contributed by atoms with van der Waals surface area (Å²) in [6.45, 7) is 2.89. The van der Waals surface area contributed by atoms with Gasteiger partial charge in [0.15, 0.2) is 17.1 Å². The molecule has 0 saturated heterocycles. The van der Waals surface area contributed by atoms with Crippen LogP contribution in [0.5, 0.6) is 17.4 Å². The van der Waals surface area contributed by atoms with Gasteiger partial charge in [-0.1, -0.05) is 33.5 Å². The van der Waals surface area contributed by atoms with Crippen molar-refractivity contribution >= 4 is 133 Å². The fourth-order valence-electron chi connectivity index (χ4n) is 7.28. The van der Waals surface area contributed by atoms with Crippen LogP contribution >= 0.6 is 35.4 Å². The maximum Gasteiger partial charge on any atom is 0.297 e. The molecule has 8 rings (SSSR count). The topological polar surface area (TPSA) is 367 Å². The van der Waals surface area contributed by atoms with Crippen molar-refractivity contribution in [3.63, 3.8) is 0 Å². The molecule has 31 heteroatoms. The second-order valence-electron chi connectivity index (χ2n) is 14.7. The van der Waals surface area contributed by atoms with Crippen molar-refractivity contribution in [2.45, 2.75) is 33.4 Å². The van der Waals surface area contributed by atoms with E-state index in [2.05, 4.69) is 65.5 Å². The monoisotopic (exact) mass is 1070 g/mol. The number of benzene rings is 5. The van der Waals surface area contributed by atoms with Crippen LogP contribution in [0.15, 0.2) is 111 Å². The summed E-state index contributed by atoms with van der Waals surface area (Å²) in [4.78, 5) is 9.01. The van der Waals surface area contributed by atoms with Gasteiger partial charge in [0.1, 0.15) is 49.9 Å². The number of thiazole rings is 1. The van der Waals surface area contributed by atoms with E-state index in [-0.39, 0.29) is 98.8 Å². The zero-order chi connectivity index (χ0) is 51.1. The van der Waals surface area contributed by atoms with Crippen molar-refractivity contribution in [1.29, 1.82) is 5.26 Å². The molecule has 71 heavy (non-hydrogen) atoms. The third kappa shape index (κ3) is 9.62. The predicted molar refractivity (Wildman–Crippen MR) is 255 cm³/mol. The summed E-state index contributed by atoms with van der Waals surface area (Å²) in [5.74, 6) is -1.08. The number of fused-ring (bicyclic) bond motifs is 5. The highest BCUT2D eigenvalue weighted by Gasteiger charge is 2.28. The first-order chi connectivity index (χ1) is 33.8. The van der Waals surface area contributed by atoms with Crippen LogP contribution in [0.4, 0.5) is 39.3 Å². The zero-order valence-electron chi connectivity index (χ0n) is 36.6. The molecule has 3 heterocycles. The van der Waals surface area contributed by atoms with Crippen LogP contribution in [0.1, 0.15) is 16.7 Å². The lowest BCUT2D eigenvalue weighted by molar-refractivity contribution is -0.432. The number of para-hydroxylation sites is 2. The van der Waals surface area contributed by atoms with Gasteiger partial charge in [0.2, 0.25) is 11.0 Å². The number of aromatic hydroxyl groups is 2. The largest absolute Gasteiger partial charge is 0.505 e. The van der Waals surface area contributed by atoms with Crippen molar-refractivity contribution in [3.05, 3.63) is 77.4 Å². The molecule has 0 radical (unpaired) electrons. The number of aromatic nitrogens is 3. The van der Waals surface area contributed by atoms with Gasteiger partial charge in [-0.2, -0.15) is 22.1 Å². The number of pyridine rings is 1. The Morgan fingerprint density at radius 2 is 1.41 bits per heavy atom. The second-order valence-corrected chi connectivity index (χ2v) is 19.9. The van der Waals surface area contributed by atoms with E-state index in [0.717, 1.165) is 23.5 Å². The Hall–Kier alpha value is -7.03. The van der Waals surface area contributed by atoms with Gasteiger partial charge in [0.25, 0.3) is 20.2 Å². The first kappa shape index (κ1) is 50.4. The Morgan fingerprint density at radius 3 is 2.07 bits per heavy atom. The Kier molecular flexibility index (Phi) is 14.2. The molecular formula is C40H31N11O15S5. The molecule has 0 bridgehead atoms. The summed E-state index contributed by atoms with van der Waals surface area (Å²) in [5.41, 5.74) is 0.980. The van der Waals surface area contributed by atoms with E-state index in [1.54, 1.807) is 43.3 Å². The summed E-state index contributed by atoms with van der Waals surface area (Å²) < 4.78 is 87.8. The molecule has 8 aromatic rings. The van der Waals surface area contributed by atoms with Gasteiger partial charge in [0, 0.05) is 41.4 Å². The van der Waals surface area contributed by atoms with E-state index in [1.165, 1.54) is 49.6 Å². The lowest BCUT2D eigenvalue weighted by Crippen LogP contribution is -2.08. The predicted octanol–water partition coefficient (Wildman–Crippen LogP) is 10.8. The fourth-order valence-corrected chi connectivity index (χ4v) is 11.3. The number of nitriles is 1. The van der Waals surface area contributed by atoms with Crippen LogP contribution in [0.2, 0.25) is 0 Å². The molecule has 0 spiro atoms. The third-order valence-electron chi connectivity index (χ3n) is 10.4. The highest BCUT2D eigenvalue weighted by Crippen LogP contribution is 2.49. The number of anilines is 1. The van der Waals surface area contributed by atoms with E-state index in [4.69, 9.17) is 15.3 Å². The number of imidazole rings is 1. The Bertz CT molecular complexity index is 3860. The van der Waals surface area contributed by atoms with E-state index in [9.17, 15) is 41.4 Å². The number of hydrogen-bond donors (Lipinski definition) is 6. The maximum atomic E-state index is 13.1. The van der Waals surface area contributed by atoms with Crippen molar-refractivity contribution < 1.29 is 70.1 Å². The van der Waals surface area contributed by atoms with Gasteiger partial charge in [-0.3, -0.25) is 13.5 Å². The fraction of sp³-hybridized carbons (Fsp3) is 0.125. The zero-order valence-corrected chi connectivity index (χ0v) is 40.7. The molecule has 0 amide bonds. The molecule has 366 valence electrons. The lowest BCUT2D eigenvalue weighted by Gasteiger charge is -2.17. The quantitative estimate of drug-likeness (QED) is 0.0172. The first-order valence-corrected chi connectivity index (χ1v) is 24.7. The number of hydrogen-bond acceptors (Lipinski definition) is 26. The first-order valence-electron chi connectivity index (χ1n) is 19.5. The highest BCUT2D eigenvalue weighted by molar-refractivity contribution is 7.95. The summed E-state index contributed by atoms with van der Waals surface area (Å²) in [5, 5.41) is 82.9. The van der Waals surface area contributed by atoms with Crippen LogP contribution in [0.25, 0.3) is 37.7 Å². The van der Waals surface area contributed by atoms with Crippen molar-refractivity contribution in [2.24, 2.45) is 30.7 Å². The SMILES string of the molecule is COc1cc(N=Nc2c(SOOO)cc3c(S(=O)(=O)O)c(N=Nc4c(C)c(C#N)c5nc6ccccc6n5c4O)ccc3c2O)c(N(C)C)cc1N=Nc1nc2cc(SOOO)c(C)c(S(=O)(=O)O)c2s1. The van der Waals surface area contributed by atoms with Crippen molar-refractivity contribution in [1.82, 2.24) is 14.4 Å². The summed E-state index contributed by atoms with van der Waals surface area (Å²) in [7, 11) is -5.37. The third-order valence-corrected chi connectivity index (χ3v) is 14.8. The average molecular weight is 1070 g/mol. The molecule has 0 aliphatic heterocycles.